The molecule has 2 heterocycles. The molecule has 0 radical (unpaired) electrons. The lowest BCUT2D eigenvalue weighted by molar-refractivity contribution is -0.120. The summed E-state index contributed by atoms with van der Waals surface area (Å²) < 4.78 is 0.930. The van der Waals surface area contributed by atoms with Crippen molar-refractivity contribution < 1.29 is 9.59 Å². The molecule has 24 heavy (non-hydrogen) atoms. The lowest BCUT2D eigenvalue weighted by atomic mass is 10.1. The number of thiazole rings is 1. The number of H-pyrrole nitrogens is 1. The van der Waals surface area contributed by atoms with E-state index < -0.39 is 0 Å². The highest BCUT2D eigenvalue weighted by Crippen LogP contribution is 2.20. The van der Waals surface area contributed by atoms with Crippen LogP contribution in [0.3, 0.4) is 0 Å². The molecule has 0 spiro atoms. The summed E-state index contributed by atoms with van der Waals surface area (Å²) in [6, 6.07) is -0.178. The Labute approximate surface area is 158 Å². The van der Waals surface area contributed by atoms with E-state index in [2.05, 4.69) is 48.2 Å². The first-order valence-corrected chi connectivity index (χ1v) is 9.66. The predicted octanol–water partition coefficient (Wildman–Crippen LogP) is 2.64. The van der Waals surface area contributed by atoms with Crippen LogP contribution in [0.25, 0.3) is 0 Å². The maximum atomic E-state index is 12.3. The third-order valence-electron chi connectivity index (χ3n) is 3.53. The minimum absolute atomic E-state index is 0.0608. The zero-order valence-electron chi connectivity index (χ0n) is 13.3. The van der Waals surface area contributed by atoms with E-state index in [1.165, 1.54) is 11.3 Å². The Bertz CT molecular complexity index is 659. The number of hydrogen-bond donors (Lipinski definition) is 3. The summed E-state index contributed by atoms with van der Waals surface area (Å²) in [7, 11) is 1.64. The number of amides is 2. The molecule has 2 aromatic rings. The van der Waals surface area contributed by atoms with Crippen molar-refractivity contribution in [2.75, 3.05) is 7.05 Å². The summed E-state index contributed by atoms with van der Waals surface area (Å²) in [4.78, 5) is 35.5. The van der Waals surface area contributed by atoms with Gasteiger partial charge in [0.05, 0.1) is 27.6 Å². The number of halogens is 1. The van der Waals surface area contributed by atoms with Crippen molar-refractivity contribution in [2.45, 2.75) is 38.1 Å². The lowest BCUT2D eigenvalue weighted by Crippen LogP contribution is -2.28. The zero-order chi connectivity index (χ0) is 17.4. The summed E-state index contributed by atoms with van der Waals surface area (Å²) in [6.07, 6.45) is 7.28. The number of unbranched alkanes of at least 4 members (excludes halogenated alkanes) is 2. The van der Waals surface area contributed by atoms with Crippen molar-refractivity contribution in [3.05, 3.63) is 32.3 Å². The molecule has 2 amide bonds. The van der Waals surface area contributed by atoms with Crippen LogP contribution in [0.5, 0.6) is 0 Å². The molecule has 2 rings (SSSR count). The van der Waals surface area contributed by atoms with Crippen LogP contribution >= 0.6 is 33.9 Å². The molecular formula is C15H20IN5O2S. The fourth-order valence-electron chi connectivity index (χ4n) is 2.26. The average Bonchev–Trinajstić information content (AvgIpc) is 3.24. The fourth-order valence-corrected chi connectivity index (χ4v) is 3.20. The van der Waals surface area contributed by atoms with Gasteiger partial charge in [-0.15, -0.1) is 11.3 Å². The molecule has 9 heteroatoms. The number of carbonyl (C=O) groups is 2. The van der Waals surface area contributed by atoms with Crippen molar-refractivity contribution in [1.29, 1.82) is 0 Å². The third kappa shape index (κ3) is 5.86. The minimum atomic E-state index is -0.178. The van der Waals surface area contributed by atoms with Gasteiger partial charge < -0.3 is 15.6 Å². The van der Waals surface area contributed by atoms with Crippen LogP contribution in [-0.2, 0) is 4.79 Å². The van der Waals surface area contributed by atoms with E-state index in [0.717, 1.165) is 35.2 Å². The number of aromatic nitrogens is 3. The SMILES string of the molecule is CNC(=O)CCCCCC(NC(=O)c1cncs1)c1ncc(I)[nH]1. The van der Waals surface area contributed by atoms with Crippen molar-refractivity contribution in [1.82, 2.24) is 25.6 Å². The van der Waals surface area contributed by atoms with Gasteiger partial charge in [-0.05, 0) is 35.4 Å². The van der Waals surface area contributed by atoms with Crippen molar-refractivity contribution in [2.24, 2.45) is 0 Å². The average molecular weight is 461 g/mol. The number of hydrogen-bond acceptors (Lipinski definition) is 5. The van der Waals surface area contributed by atoms with E-state index in [0.29, 0.717) is 11.3 Å². The Morgan fingerprint density at radius 2 is 2.17 bits per heavy atom. The molecule has 0 aliphatic carbocycles. The summed E-state index contributed by atoms with van der Waals surface area (Å²) >= 11 is 3.47. The van der Waals surface area contributed by atoms with Crippen LogP contribution in [0, 0.1) is 3.70 Å². The summed E-state index contributed by atoms with van der Waals surface area (Å²) in [6.45, 7) is 0. The topological polar surface area (TPSA) is 99.8 Å². The molecule has 2 aromatic heterocycles. The van der Waals surface area contributed by atoms with Gasteiger partial charge in [0, 0.05) is 13.5 Å². The van der Waals surface area contributed by atoms with Crippen molar-refractivity contribution >= 4 is 45.7 Å². The van der Waals surface area contributed by atoms with Gasteiger partial charge >= 0.3 is 0 Å². The zero-order valence-corrected chi connectivity index (χ0v) is 16.3. The standard InChI is InChI=1S/C15H20IN5O2S/c1-17-13(22)6-4-2-3-5-10(14-19-8-12(16)21-14)20-15(23)11-7-18-9-24-11/h7-10H,2-6H2,1H3,(H,17,22)(H,19,21)(H,20,23). The highest BCUT2D eigenvalue weighted by molar-refractivity contribution is 14.1. The first-order valence-electron chi connectivity index (χ1n) is 7.70. The van der Waals surface area contributed by atoms with E-state index in [1.807, 2.05) is 0 Å². The van der Waals surface area contributed by atoms with Gasteiger partial charge in [-0.25, -0.2) is 4.98 Å². The molecule has 7 nitrogen and oxygen atoms in total. The van der Waals surface area contributed by atoms with Gasteiger partial charge in [0.1, 0.15) is 10.7 Å². The minimum Gasteiger partial charge on any atom is -0.359 e. The monoisotopic (exact) mass is 461 g/mol. The maximum absolute atomic E-state index is 12.3. The molecule has 130 valence electrons. The summed E-state index contributed by atoms with van der Waals surface area (Å²) in [5, 5.41) is 5.63. The second kappa shape index (κ2) is 9.72. The normalized spacial score (nSPS) is 11.9. The van der Waals surface area contributed by atoms with Gasteiger partial charge in [-0.2, -0.15) is 0 Å². The Morgan fingerprint density at radius 3 is 2.79 bits per heavy atom. The number of imidazole rings is 1. The second-order valence-corrected chi connectivity index (χ2v) is 7.33. The molecule has 0 bridgehead atoms. The number of carbonyl (C=O) groups excluding carboxylic acids is 2. The molecule has 0 aliphatic heterocycles. The largest absolute Gasteiger partial charge is 0.359 e. The van der Waals surface area contributed by atoms with Crippen LogP contribution in [0.1, 0.15) is 53.6 Å². The molecule has 0 aliphatic rings. The van der Waals surface area contributed by atoms with Gasteiger partial charge in [0.15, 0.2) is 0 Å². The smallest absolute Gasteiger partial charge is 0.263 e. The van der Waals surface area contributed by atoms with Crippen LogP contribution in [0.2, 0.25) is 0 Å². The maximum Gasteiger partial charge on any atom is 0.263 e. The van der Waals surface area contributed by atoms with Crippen molar-refractivity contribution in [3.8, 4) is 0 Å². The second-order valence-electron chi connectivity index (χ2n) is 5.28. The van der Waals surface area contributed by atoms with Crippen LogP contribution in [0.4, 0.5) is 0 Å². The van der Waals surface area contributed by atoms with Crippen LogP contribution in [-0.4, -0.2) is 33.8 Å². The molecule has 0 aromatic carbocycles. The number of rotatable bonds is 9. The lowest BCUT2D eigenvalue weighted by Gasteiger charge is -2.16. The highest BCUT2D eigenvalue weighted by Gasteiger charge is 2.19. The number of nitrogens with zero attached hydrogens (tertiary/aromatic N) is 2. The fraction of sp³-hybridized carbons (Fsp3) is 0.467. The molecule has 0 saturated carbocycles. The number of nitrogens with one attached hydrogen (secondary N) is 3. The first-order chi connectivity index (χ1) is 11.6. The van der Waals surface area contributed by atoms with Gasteiger partial charge in [-0.3, -0.25) is 14.6 Å². The van der Waals surface area contributed by atoms with E-state index in [9.17, 15) is 9.59 Å². The Balaban J connectivity index is 1.89. The van der Waals surface area contributed by atoms with Crippen LogP contribution < -0.4 is 10.6 Å². The number of aromatic amines is 1. The summed E-state index contributed by atoms with van der Waals surface area (Å²) in [5.74, 6) is 0.675. The van der Waals surface area contributed by atoms with Crippen LogP contribution in [0.15, 0.2) is 17.9 Å². The first kappa shape index (κ1) is 18.8. The Morgan fingerprint density at radius 1 is 1.33 bits per heavy atom. The highest BCUT2D eigenvalue weighted by atomic mass is 127. The van der Waals surface area contributed by atoms with Gasteiger partial charge in [0.2, 0.25) is 5.91 Å². The summed E-state index contributed by atoms with van der Waals surface area (Å²) in [5.41, 5.74) is 1.64. The molecule has 3 N–H and O–H groups in total. The van der Waals surface area contributed by atoms with E-state index in [-0.39, 0.29) is 17.9 Å². The van der Waals surface area contributed by atoms with Gasteiger partial charge in [0.25, 0.3) is 5.91 Å². The van der Waals surface area contributed by atoms with Gasteiger partial charge in [-0.1, -0.05) is 12.8 Å². The molecule has 0 fully saturated rings. The molecule has 0 saturated heterocycles. The van der Waals surface area contributed by atoms with E-state index >= 15 is 0 Å². The third-order valence-corrected chi connectivity index (χ3v) is 4.85. The Kier molecular flexibility index (Phi) is 7.63. The predicted molar refractivity (Wildman–Crippen MR) is 101 cm³/mol. The van der Waals surface area contributed by atoms with E-state index in [1.54, 1.807) is 25.0 Å². The molecule has 1 atom stereocenters. The van der Waals surface area contributed by atoms with E-state index in [4.69, 9.17) is 0 Å². The Hall–Kier alpha value is -1.49. The quantitative estimate of drug-likeness (QED) is 0.395. The molecular weight excluding hydrogens is 441 g/mol. The molecule has 1 unspecified atom stereocenters. The van der Waals surface area contributed by atoms with Crippen molar-refractivity contribution in [3.63, 3.8) is 0 Å².